The molecule has 2 aromatic carbocycles. The topological polar surface area (TPSA) is 42.9 Å². The van der Waals surface area contributed by atoms with Crippen LogP contribution in [0.25, 0.3) is 27.4 Å². The normalized spacial score (nSPS) is 14.7. The summed E-state index contributed by atoms with van der Waals surface area (Å²) < 4.78 is 0. The maximum atomic E-state index is 10.4. The van der Waals surface area contributed by atoms with E-state index < -0.39 is 0 Å². The highest BCUT2D eigenvalue weighted by atomic mass is 16.1. The van der Waals surface area contributed by atoms with E-state index in [2.05, 4.69) is 58.5 Å². The first-order chi connectivity index (χ1) is 14.8. The summed E-state index contributed by atoms with van der Waals surface area (Å²) in [6.07, 6.45) is 12.0. The number of nitrogens with zero attached hydrogens (tertiary/aromatic N) is 2. The highest BCUT2D eigenvalue weighted by Gasteiger charge is 2.20. The van der Waals surface area contributed by atoms with Crippen molar-refractivity contribution in [3.8, 4) is 0 Å². The molecule has 30 heavy (non-hydrogen) atoms. The van der Waals surface area contributed by atoms with Crippen molar-refractivity contribution in [2.45, 2.75) is 25.7 Å². The van der Waals surface area contributed by atoms with Gasteiger partial charge in [0.2, 0.25) is 0 Å². The number of benzene rings is 2. The number of carbonyl (C=O) groups excluding carboxylic acids is 1. The van der Waals surface area contributed by atoms with E-state index >= 15 is 0 Å². The molecule has 0 spiro atoms. The fourth-order valence-corrected chi connectivity index (χ4v) is 4.42. The third-order valence-corrected chi connectivity index (χ3v) is 5.89. The average molecular weight is 390 g/mol. The zero-order valence-corrected chi connectivity index (χ0v) is 16.7. The van der Waals surface area contributed by atoms with Crippen LogP contribution in [0.2, 0.25) is 0 Å². The second-order valence-corrected chi connectivity index (χ2v) is 7.68. The number of hydrogen-bond acceptors (Lipinski definition) is 3. The second-order valence-electron chi connectivity index (χ2n) is 7.68. The lowest BCUT2D eigenvalue weighted by Crippen LogP contribution is -2.06. The standard InChI is InChI=1S/C18H16.C9H6N2O/c1-3-7-15-13(5-1)9-11-18-16-8-4-2-6-14(16)10-12-17(15)18;12-6-8-4-3-7-2-1-5-10-9(7)11-8/h1,3-5,7-9,11H,2,6,10,12H2;1-6H. The van der Waals surface area contributed by atoms with Gasteiger partial charge in [0.05, 0.1) is 0 Å². The summed E-state index contributed by atoms with van der Waals surface area (Å²) in [6.45, 7) is 0. The zero-order chi connectivity index (χ0) is 20.3. The number of aldehydes is 1. The number of fused-ring (bicyclic) bond motifs is 5. The lowest BCUT2D eigenvalue weighted by Gasteiger charge is -2.25. The van der Waals surface area contributed by atoms with E-state index in [-0.39, 0.29) is 0 Å². The summed E-state index contributed by atoms with van der Waals surface area (Å²) in [4.78, 5) is 18.4. The Morgan fingerprint density at radius 2 is 1.70 bits per heavy atom. The van der Waals surface area contributed by atoms with E-state index in [0.717, 1.165) is 5.39 Å². The van der Waals surface area contributed by atoms with Crippen molar-refractivity contribution >= 4 is 33.7 Å². The number of aryl methyl sites for hydroxylation is 1. The largest absolute Gasteiger partial charge is 0.296 e. The smallest absolute Gasteiger partial charge is 0.168 e. The summed E-state index contributed by atoms with van der Waals surface area (Å²) in [6, 6.07) is 20.6. The molecule has 0 saturated heterocycles. The van der Waals surface area contributed by atoms with Crippen LogP contribution in [-0.2, 0) is 6.42 Å². The van der Waals surface area contributed by atoms with Crippen LogP contribution in [0.4, 0.5) is 0 Å². The van der Waals surface area contributed by atoms with Gasteiger partial charge < -0.3 is 0 Å². The van der Waals surface area contributed by atoms with Crippen LogP contribution in [0.5, 0.6) is 0 Å². The predicted octanol–water partition coefficient (Wildman–Crippen LogP) is 6.33. The Labute approximate surface area is 175 Å². The van der Waals surface area contributed by atoms with Crippen LogP contribution >= 0.6 is 0 Å². The molecule has 0 radical (unpaired) electrons. The molecule has 0 atom stereocenters. The van der Waals surface area contributed by atoms with E-state index in [1.165, 1.54) is 47.6 Å². The molecule has 2 aromatic heterocycles. The van der Waals surface area contributed by atoms with Crippen molar-refractivity contribution in [1.29, 1.82) is 0 Å². The predicted molar refractivity (Wildman–Crippen MR) is 122 cm³/mol. The molecule has 0 unspecified atom stereocenters. The Morgan fingerprint density at radius 3 is 2.63 bits per heavy atom. The first-order valence-corrected chi connectivity index (χ1v) is 10.4. The van der Waals surface area contributed by atoms with E-state index in [1.807, 2.05) is 18.2 Å². The lowest BCUT2D eigenvalue weighted by molar-refractivity contribution is 0.111. The van der Waals surface area contributed by atoms with Crippen LogP contribution < -0.4 is 0 Å². The number of allylic oxidation sites excluding steroid dienone is 4. The van der Waals surface area contributed by atoms with Crippen molar-refractivity contribution in [2.24, 2.45) is 0 Å². The van der Waals surface area contributed by atoms with Gasteiger partial charge in [-0.1, -0.05) is 54.1 Å². The van der Waals surface area contributed by atoms with Gasteiger partial charge in [0.15, 0.2) is 11.9 Å². The first-order valence-electron chi connectivity index (χ1n) is 10.4. The molecule has 0 aliphatic heterocycles. The Balaban J connectivity index is 0.000000140. The molecular formula is C27H22N2O. The summed E-state index contributed by atoms with van der Waals surface area (Å²) in [5, 5.41) is 3.77. The summed E-state index contributed by atoms with van der Waals surface area (Å²) in [7, 11) is 0. The van der Waals surface area contributed by atoms with E-state index in [9.17, 15) is 4.79 Å². The second kappa shape index (κ2) is 8.03. The molecule has 6 rings (SSSR count). The molecule has 0 N–H and O–H groups in total. The van der Waals surface area contributed by atoms with Crippen molar-refractivity contribution in [2.75, 3.05) is 0 Å². The van der Waals surface area contributed by atoms with Gasteiger partial charge in [0, 0.05) is 11.6 Å². The zero-order valence-electron chi connectivity index (χ0n) is 16.7. The Hall–Kier alpha value is -3.59. The third-order valence-electron chi connectivity index (χ3n) is 5.89. The maximum absolute atomic E-state index is 10.4. The van der Waals surface area contributed by atoms with E-state index in [4.69, 9.17) is 0 Å². The molecule has 0 fully saturated rings. The fraction of sp³-hybridized carbons (Fsp3) is 0.148. The minimum absolute atomic E-state index is 0.418. The number of pyridine rings is 2. The third kappa shape index (κ3) is 3.43. The van der Waals surface area contributed by atoms with Gasteiger partial charge in [-0.15, -0.1) is 0 Å². The molecule has 0 saturated carbocycles. The molecule has 146 valence electrons. The van der Waals surface area contributed by atoms with Crippen molar-refractivity contribution < 1.29 is 4.79 Å². The van der Waals surface area contributed by atoms with Gasteiger partial charge in [-0.3, -0.25) is 4.79 Å². The Kier molecular flexibility index (Phi) is 4.94. The SMILES string of the molecule is C1=CC2=C(CC1)CCc1c2ccc2ccccc12.O=Cc1ccc2cccnc2n1. The minimum atomic E-state index is 0.418. The van der Waals surface area contributed by atoms with E-state index in [1.54, 1.807) is 23.4 Å². The quantitative estimate of drug-likeness (QED) is 0.357. The van der Waals surface area contributed by atoms with Crippen molar-refractivity contribution in [1.82, 2.24) is 9.97 Å². The number of hydrogen-bond donors (Lipinski definition) is 0. The van der Waals surface area contributed by atoms with Gasteiger partial charge in [-0.05, 0) is 77.4 Å². The van der Waals surface area contributed by atoms with E-state index in [0.29, 0.717) is 17.6 Å². The monoisotopic (exact) mass is 390 g/mol. The highest BCUT2D eigenvalue weighted by molar-refractivity contribution is 5.93. The van der Waals surface area contributed by atoms with Crippen LogP contribution in [0.15, 0.2) is 84.6 Å². The van der Waals surface area contributed by atoms with Crippen molar-refractivity contribution in [3.63, 3.8) is 0 Å². The van der Waals surface area contributed by atoms with Gasteiger partial charge in [-0.25, -0.2) is 9.97 Å². The highest BCUT2D eigenvalue weighted by Crippen LogP contribution is 2.39. The lowest BCUT2D eigenvalue weighted by atomic mass is 9.80. The van der Waals surface area contributed by atoms with Gasteiger partial charge >= 0.3 is 0 Å². The molecule has 4 aromatic rings. The molecule has 2 aliphatic rings. The Bertz CT molecular complexity index is 1320. The summed E-state index contributed by atoms with van der Waals surface area (Å²) in [5.74, 6) is 0. The number of rotatable bonds is 1. The van der Waals surface area contributed by atoms with Crippen LogP contribution in [0, 0.1) is 0 Å². The van der Waals surface area contributed by atoms with Crippen LogP contribution in [-0.4, -0.2) is 16.3 Å². The van der Waals surface area contributed by atoms with Gasteiger partial charge in [-0.2, -0.15) is 0 Å². The summed E-state index contributed by atoms with van der Waals surface area (Å²) in [5.41, 5.74) is 7.24. The minimum Gasteiger partial charge on any atom is -0.296 e. The summed E-state index contributed by atoms with van der Waals surface area (Å²) >= 11 is 0. The van der Waals surface area contributed by atoms with Crippen LogP contribution in [0.3, 0.4) is 0 Å². The van der Waals surface area contributed by atoms with Crippen LogP contribution in [0.1, 0.15) is 40.9 Å². The molecule has 2 aliphatic carbocycles. The molecule has 0 amide bonds. The number of carbonyl (C=O) groups is 1. The van der Waals surface area contributed by atoms with Gasteiger partial charge in [0.1, 0.15) is 5.69 Å². The molecular weight excluding hydrogens is 368 g/mol. The number of aromatic nitrogens is 2. The molecule has 0 bridgehead atoms. The van der Waals surface area contributed by atoms with Crippen molar-refractivity contribution in [3.05, 3.63) is 101 Å². The maximum Gasteiger partial charge on any atom is 0.168 e. The average Bonchev–Trinajstić information content (AvgIpc) is 2.83. The first kappa shape index (κ1) is 18.4. The van der Waals surface area contributed by atoms with Gasteiger partial charge in [0.25, 0.3) is 0 Å². The Morgan fingerprint density at radius 1 is 0.833 bits per heavy atom. The molecule has 2 heterocycles. The molecule has 3 heteroatoms. The fourth-order valence-electron chi connectivity index (χ4n) is 4.42. The molecule has 3 nitrogen and oxygen atoms in total.